The topological polar surface area (TPSA) is 115 Å². The number of halogens is 1. The van der Waals surface area contributed by atoms with E-state index in [0.717, 1.165) is 11.3 Å². The minimum atomic E-state index is -0.530. The largest absolute Gasteiger partial charge is 0.459 e. The maximum absolute atomic E-state index is 14.1. The van der Waals surface area contributed by atoms with Gasteiger partial charge in [0.05, 0.1) is 16.1 Å². The molecule has 0 bridgehead atoms. The van der Waals surface area contributed by atoms with Crippen LogP contribution in [0.25, 0.3) is 5.69 Å². The van der Waals surface area contributed by atoms with Crippen molar-refractivity contribution < 1.29 is 18.4 Å². The van der Waals surface area contributed by atoms with Gasteiger partial charge >= 0.3 is 0 Å². The number of nitrogens with zero attached hydrogens (tertiary/aromatic N) is 4. The molecule has 0 radical (unpaired) electrons. The Morgan fingerprint density at radius 2 is 2.00 bits per heavy atom. The van der Waals surface area contributed by atoms with E-state index in [2.05, 4.69) is 26.2 Å². The van der Waals surface area contributed by atoms with E-state index in [1.165, 1.54) is 35.2 Å². The smallest absolute Gasteiger partial charge is 0.291 e. The molecule has 0 saturated heterocycles. The molecule has 0 saturated carbocycles. The summed E-state index contributed by atoms with van der Waals surface area (Å²) in [6.07, 6.45) is 1.40. The maximum atomic E-state index is 14.1. The molecule has 0 unspecified atom stereocenters. The van der Waals surface area contributed by atoms with Gasteiger partial charge in [-0.3, -0.25) is 9.59 Å². The van der Waals surface area contributed by atoms with E-state index in [1.807, 2.05) is 0 Å². The molecule has 0 aliphatic carbocycles. The van der Waals surface area contributed by atoms with Gasteiger partial charge in [0.2, 0.25) is 0 Å². The molecule has 146 valence electrons. The molecule has 9 nitrogen and oxygen atoms in total. The average molecular weight is 412 g/mol. The van der Waals surface area contributed by atoms with Crippen LogP contribution in [0.2, 0.25) is 0 Å². The summed E-state index contributed by atoms with van der Waals surface area (Å²) >= 11 is 1.10. The first kappa shape index (κ1) is 18.5. The number of hydrogen-bond donors (Lipinski definition) is 2. The lowest BCUT2D eigenvalue weighted by Gasteiger charge is -2.08. The van der Waals surface area contributed by atoms with Gasteiger partial charge in [-0.15, -0.1) is 16.4 Å². The Morgan fingerprint density at radius 1 is 1.14 bits per heavy atom. The predicted octanol–water partition coefficient (Wildman–Crippen LogP) is 3.27. The molecule has 3 heterocycles. The number of carbonyl (C=O) groups is 2. The molecule has 0 atom stereocenters. The van der Waals surface area contributed by atoms with Gasteiger partial charge in [-0.05, 0) is 59.8 Å². The molecule has 0 fully saturated rings. The monoisotopic (exact) mass is 412 g/mol. The highest BCUT2D eigenvalue weighted by Crippen LogP contribution is 2.25. The summed E-state index contributed by atoms with van der Waals surface area (Å²) in [5, 5.41) is 16.8. The third-order valence-corrected chi connectivity index (χ3v) is 4.87. The number of thiophene rings is 1. The van der Waals surface area contributed by atoms with Crippen LogP contribution < -0.4 is 10.6 Å². The third kappa shape index (κ3) is 3.89. The number of nitrogens with one attached hydrogen (secondary N) is 2. The summed E-state index contributed by atoms with van der Waals surface area (Å²) in [5.74, 6) is -0.774. The van der Waals surface area contributed by atoms with Crippen molar-refractivity contribution in [2.24, 2.45) is 0 Å². The minimum absolute atomic E-state index is 0.114. The molecule has 0 spiro atoms. The highest BCUT2D eigenvalue weighted by Gasteiger charge is 2.15. The highest BCUT2D eigenvalue weighted by molar-refractivity contribution is 7.18. The van der Waals surface area contributed by atoms with Crippen LogP contribution in [-0.2, 0) is 0 Å². The summed E-state index contributed by atoms with van der Waals surface area (Å²) in [4.78, 5) is 24.9. The first-order valence-electron chi connectivity index (χ1n) is 8.32. The summed E-state index contributed by atoms with van der Waals surface area (Å²) in [7, 11) is 0. The second-order valence-electron chi connectivity index (χ2n) is 5.85. The van der Waals surface area contributed by atoms with Crippen molar-refractivity contribution in [3.8, 4) is 5.69 Å². The Bertz CT molecular complexity index is 1180. The molecule has 0 aliphatic rings. The Balaban J connectivity index is 1.48. The van der Waals surface area contributed by atoms with Gasteiger partial charge in [-0.25, -0.2) is 4.39 Å². The van der Waals surface area contributed by atoms with Crippen molar-refractivity contribution in [1.82, 2.24) is 20.2 Å². The molecule has 2 amide bonds. The normalized spacial score (nSPS) is 10.7. The lowest BCUT2D eigenvalue weighted by Crippen LogP contribution is -2.11. The lowest BCUT2D eigenvalue weighted by atomic mass is 10.2. The molecule has 29 heavy (non-hydrogen) atoms. The first-order valence-corrected chi connectivity index (χ1v) is 9.14. The standard InChI is InChI=1S/C18H13FN6O3S/c1-10-22-23-24-25(10)13-9-11(4-5-12(13)19)20-18(27)15-6-7-16(29-15)21-17(26)14-3-2-8-28-14/h2-9H,1H3,(H,20,27)(H,21,26). The van der Waals surface area contributed by atoms with Crippen LogP contribution in [0.1, 0.15) is 26.1 Å². The van der Waals surface area contributed by atoms with Crippen LogP contribution in [0.15, 0.2) is 53.1 Å². The molecule has 4 rings (SSSR count). The van der Waals surface area contributed by atoms with Gasteiger partial charge in [0.15, 0.2) is 11.6 Å². The number of tetrazole rings is 1. The lowest BCUT2D eigenvalue weighted by molar-refractivity contribution is 0.0995. The Kier molecular flexibility index (Phi) is 4.87. The summed E-state index contributed by atoms with van der Waals surface area (Å²) < 4.78 is 20.4. The van der Waals surface area contributed by atoms with Crippen LogP contribution in [0.4, 0.5) is 15.1 Å². The Hall–Kier alpha value is -3.86. The summed E-state index contributed by atoms with van der Waals surface area (Å²) in [6.45, 7) is 1.63. The first-order chi connectivity index (χ1) is 14.0. The number of aryl methyl sites for hydroxylation is 1. The van der Waals surface area contributed by atoms with Crippen molar-refractivity contribution in [3.05, 3.63) is 71.0 Å². The van der Waals surface area contributed by atoms with E-state index in [0.29, 0.717) is 21.4 Å². The zero-order valence-electron chi connectivity index (χ0n) is 14.9. The predicted molar refractivity (Wildman–Crippen MR) is 103 cm³/mol. The zero-order valence-corrected chi connectivity index (χ0v) is 15.7. The minimum Gasteiger partial charge on any atom is -0.459 e. The Morgan fingerprint density at radius 3 is 2.72 bits per heavy atom. The number of carbonyl (C=O) groups excluding carboxylic acids is 2. The summed E-state index contributed by atoms with van der Waals surface area (Å²) in [5.41, 5.74) is 0.485. The van der Waals surface area contributed by atoms with E-state index >= 15 is 0 Å². The maximum Gasteiger partial charge on any atom is 0.291 e. The van der Waals surface area contributed by atoms with Crippen molar-refractivity contribution >= 4 is 33.8 Å². The van der Waals surface area contributed by atoms with E-state index in [9.17, 15) is 14.0 Å². The van der Waals surface area contributed by atoms with Gasteiger partial charge in [0.1, 0.15) is 11.5 Å². The second kappa shape index (κ2) is 7.64. The number of amides is 2. The third-order valence-electron chi connectivity index (χ3n) is 3.87. The van der Waals surface area contributed by atoms with Crippen LogP contribution >= 0.6 is 11.3 Å². The molecular formula is C18H13FN6O3S. The van der Waals surface area contributed by atoms with E-state index < -0.39 is 17.6 Å². The Labute approximate surface area is 167 Å². The molecule has 2 N–H and O–H groups in total. The van der Waals surface area contributed by atoms with Gasteiger partial charge < -0.3 is 15.1 Å². The van der Waals surface area contributed by atoms with E-state index in [4.69, 9.17) is 4.42 Å². The molecule has 0 aliphatic heterocycles. The fourth-order valence-corrected chi connectivity index (χ4v) is 3.30. The molecule has 3 aromatic heterocycles. The van der Waals surface area contributed by atoms with Gasteiger partial charge in [0, 0.05) is 5.69 Å². The number of anilines is 2. The van der Waals surface area contributed by atoms with E-state index in [-0.39, 0.29) is 11.4 Å². The quantitative estimate of drug-likeness (QED) is 0.520. The highest BCUT2D eigenvalue weighted by atomic mass is 32.1. The molecule has 11 heteroatoms. The summed E-state index contributed by atoms with van der Waals surface area (Å²) in [6, 6.07) is 10.4. The van der Waals surface area contributed by atoms with Gasteiger partial charge in [-0.1, -0.05) is 0 Å². The van der Waals surface area contributed by atoms with Crippen molar-refractivity contribution in [2.45, 2.75) is 6.92 Å². The second-order valence-corrected chi connectivity index (χ2v) is 6.94. The van der Waals surface area contributed by atoms with Crippen molar-refractivity contribution in [3.63, 3.8) is 0 Å². The zero-order chi connectivity index (χ0) is 20.4. The van der Waals surface area contributed by atoms with Crippen LogP contribution in [0.3, 0.4) is 0 Å². The number of rotatable bonds is 5. The van der Waals surface area contributed by atoms with Crippen molar-refractivity contribution in [1.29, 1.82) is 0 Å². The number of aromatic nitrogens is 4. The van der Waals surface area contributed by atoms with Crippen LogP contribution in [-0.4, -0.2) is 32.0 Å². The number of benzene rings is 1. The fourth-order valence-electron chi connectivity index (χ4n) is 2.51. The number of hydrogen-bond acceptors (Lipinski definition) is 7. The van der Waals surface area contributed by atoms with Gasteiger partial charge in [0.25, 0.3) is 11.8 Å². The number of furan rings is 1. The van der Waals surface area contributed by atoms with Crippen molar-refractivity contribution in [2.75, 3.05) is 10.6 Å². The molecule has 4 aromatic rings. The van der Waals surface area contributed by atoms with Crippen LogP contribution in [0.5, 0.6) is 0 Å². The SMILES string of the molecule is Cc1nnnn1-c1cc(NC(=O)c2ccc(NC(=O)c3ccco3)s2)ccc1F. The van der Waals surface area contributed by atoms with E-state index in [1.54, 1.807) is 25.1 Å². The molecule has 1 aromatic carbocycles. The average Bonchev–Trinajstić information content (AvgIpc) is 3.45. The van der Waals surface area contributed by atoms with Crippen LogP contribution in [0, 0.1) is 12.7 Å². The van der Waals surface area contributed by atoms with Gasteiger partial charge in [-0.2, -0.15) is 4.68 Å². The molecular weight excluding hydrogens is 399 g/mol. The fraction of sp³-hybridized carbons (Fsp3) is 0.0556.